The predicted molar refractivity (Wildman–Crippen MR) is 151 cm³/mol. The molecule has 0 aliphatic carbocycles. The average molecular weight is 604 g/mol. The minimum Gasteiger partial charge on any atom is -0.348 e. The minimum absolute atomic E-state index is 0.0249. The summed E-state index contributed by atoms with van der Waals surface area (Å²) in [4.78, 5) is 29.2. The van der Waals surface area contributed by atoms with E-state index in [0.717, 1.165) is 16.9 Å². The van der Waals surface area contributed by atoms with Gasteiger partial charge in [-0.2, -0.15) is 4.31 Å². The lowest BCUT2D eigenvalue weighted by Crippen LogP contribution is -2.43. The Morgan fingerprint density at radius 2 is 1.77 bits per heavy atom. The minimum atomic E-state index is -3.73. The van der Waals surface area contributed by atoms with E-state index in [1.165, 1.54) is 27.1 Å². The molecule has 0 spiro atoms. The number of carbonyl (C=O) groups is 2. The second-order valence-corrected chi connectivity index (χ2v) is 14.6. The molecule has 0 saturated carbocycles. The first-order valence-electron chi connectivity index (χ1n) is 12.8. The molecular weight excluding hydrogens is 575 g/mol. The number of fused-ring (bicyclic) bond motifs is 1. The summed E-state index contributed by atoms with van der Waals surface area (Å²) >= 11 is 1.15. The summed E-state index contributed by atoms with van der Waals surface area (Å²) in [7, 11) is -7.35. The molecular formula is C26H29N5O6S3. The van der Waals surface area contributed by atoms with Crippen LogP contribution >= 0.6 is 11.3 Å². The molecule has 40 heavy (non-hydrogen) atoms. The normalized spacial score (nSPS) is 16.8. The van der Waals surface area contributed by atoms with Crippen molar-refractivity contribution < 1.29 is 26.4 Å². The highest BCUT2D eigenvalue weighted by molar-refractivity contribution is 7.94. The van der Waals surface area contributed by atoms with Gasteiger partial charge >= 0.3 is 11.8 Å². The number of pyridine rings is 1. The van der Waals surface area contributed by atoms with E-state index < -0.39 is 31.9 Å². The van der Waals surface area contributed by atoms with Crippen molar-refractivity contribution in [2.24, 2.45) is 5.92 Å². The van der Waals surface area contributed by atoms with Crippen LogP contribution in [0.3, 0.4) is 0 Å². The number of aryl methyl sites for hydroxylation is 1. The second kappa shape index (κ2) is 11.6. The lowest BCUT2D eigenvalue weighted by molar-refractivity contribution is -0.136. The highest BCUT2D eigenvalue weighted by atomic mass is 32.2. The number of amides is 2. The van der Waals surface area contributed by atoms with Crippen LogP contribution in [0.1, 0.15) is 24.8 Å². The van der Waals surface area contributed by atoms with E-state index in [2.05, 4.69) is 15.6 Å². The van der Waals surface area contributed by atoms with Crippen molar-refractivity contribution in [1.29, 1.82) is 0 Å². The molecule has 14 heteroatoms. The van der Waals surface area contributed by atoms with Gasteiger partial charge < -0.3 is 10.6 Å². The summed E-state index contributed by atoms with van der Waals surface area (Å²) in [6.45, 7) is 1.19. The predicted octanol–water partition coefficient (Wildman–Crippen LogP) is 2.44. The van der Waals surface area contributed by atoms with Crippen LogP contribution in [0, 0.1) is 5.92 Å². The molecule has 0 unspecified atom stereocenters. The second-order valence-electron chi connectivity index (χ2n) is 9.66. The maximum Gasteiger partial charge on any atom is 0.313 e. The Labute approximate surface area is 237 Å². The lowest BCUT2D eigenvalue weighted by Gasteiger charge is -2.31. The van der Waals surface area contributed by atoms with Crippen molar-refractivity contribution in [1.82, 2.24) is 14.6 Å². The molecule has 0 radical (unpaired) electrons. The van der Waals surface area contributed by atoms with E-state index >= 15 is 0 Å². The van der Waals surface area contributed by atoms with Gasteiger partial charge in [0.05, 0.1) is 5.69 Å². The van der Waals surface area contributed by atoms with Crippen LogP contribution in [0.5, 0.6) is 0 Å². The molecule has 4 heterocycles. The van der Waals surface area contributed by atoms with Gasteiger partial charge in [0.2, 0.25) is 10.0 Å². The van der Waals surface area contributed by atoms with Crippen LogP contribution in [-0.4, -0.2) is 64.1 Å². The van der Waals surface area contributed by atoms with E-state index in [4.69, 9.17) is 0 Å². The van der Waals surface area contributed by atoms with Crippen LogP contribution in [0.4, 0.5) is 11.4 Å². The van der Waals surface area contributed by atoms with Gasteiger partial charge in [-0.3, -0.25) is 18.9 Å². The van der Waals surface area contributed by atoms with Crippen molar-refractivity contribution in [3.05, 3.63) is 65.8 Å². The van der Waals surface area contributed by atoms with Gasteiger partial charge in [-0.25, -0.2) is 16.8 Å². The Kier molecular flexibility index (Phi) is 8.21. The van der Waals surface area contributed by atoms with Crippen molar-refractivity contribution in [2.45, 2.75) is 34.8 Å². The van der Waals surface area contributed by atoms with Crippen molar-refractivity contribution in [2.75, 3.05) is 35.8 Å². The Balaban J connectivity index is 1.16. The smallest absolute Gasteiger partial charge is 0.313 e. The van der Waals surface area contributed by atoms with Gasteiger partial charge in [-0.15, -0.1) is 11.3 Å². The van der Waals surface area contributed by atoms with Gasteiger partial charge in [-0.05, 0) is 72.9 Å². The first-order chi connectivity index (χ1) is 19.2. The zero-order chi connectivity index (χ0) is 28.3. The van der Waals surface area contributed by atoms with E-state index in [9.17, 15) is 26.4 Å². The zero-order valence-electron chi connectivity index (χ0n) is 21.5. The van der Waals surface area contributed by atoms with Crippen LogP contribution < -0.4 is 14.9 Å². The number of rotatable bonds is 7. The number of thiophene rings is 1. The first kappa shape index (κ1) is 28.2. The summed E-state index contributed by atoms with van der Waals surface area (Å²) in [5.41, 5.74) is 1.66. The summed E-state index contributed by atoms with van der Waals surface area (Å²) in [5.74, 6) is -1.65. The number of benzene rings is 1. The van der Waals surface area contributed by atoms with Gasteiger partial charge in [0, 0.05) is 44.3 Å². The fourth-order valence-corrected chi connectivity index (χ4v) is 8.97. The number of anilines is 2. The highest BCUT2D eigenvalue weighted by Crippen LogP contribution is 2.35. The van der Waals surface area contributed by atoms with Crippen molar-refractivity contribution >= 4 is 54.6 Å². The molecule has 3 aromatic rings. The topological polar surface area (TPSA) is 146 Å². The Morgan fingerprint density at radius 1 is 0.975 bits per heavy atom. The van der Waals surface area contributed by atoms with E-state index in [1.54, 1.807) is 41.8 Å². The van der Waals surface area contributed by atoms with Crippen LogP contribution in [0.15, 0.2) is 69.3 Å². The molecule has 1 aromatic carbocycles. The third-order valence-corrected chi connectivity index (χ3v) is 12.1. The number of nitrogens with one attached hydrogen (secondary N) is 2. The van der Waals surface area contributed by atoms with E-state index in [1.807, 2.05) is 0 Å². The van der Waals surface area contributed by atoms with Gasteiger partial charge in [0.15, 0.2) is 0 Å². The standard InChI is InChI=1S/C26H29N5O6S3/c32-25(28-17-19-9-13-30(14-10-19)39(34,35)22-5-1-11-27-18-22)26(33)29-21-8-7-20-4-2-12-31(23(20)16-21)40(36,37)24-6-3-15-38-24/h1,3,5-8,11,15-16,18-19H,2,4,9-10,12-14,17H2,(H,28,32)(H,29,33). The molecule has 1 saturated heterocycles. The zero-order valence-corrected chi connectivity index (χ0v) is 24.0. The fourth-order valence-electron chi connectivity index (χ4n) is 4.89. The molecule has 1 fully saturated rings. The lowest BCUT2D eigenvalue weighted by atomic mass is 9.98. The Hall–Kier alpha value is -3.33. The third-order valence-electron chi connectivity index (χ3n) is 7.06. The summed E-state index contributed by atoms with van der Waals surface area (Å²) in [6, 6.07) is 11.3. The molecule has 2 N–H and O–H groups in total. The van der Waals surface area contributed by atoms with Crippen molar-refractivity contribution in [3.8, 4) is 0 Å². The highest BCUT2D eigenvalue weighted by Gasteiger charge is 2.31. The van der Waals surface area contributed by atoms with Gasteiger partial charge in [-0.1, -0.05) is 12.1 Å². The molecule has 5 rings (SSSR count). The number of sulfonamides is 2. The van der Waals surface area contributed by atoms with Gasteiger partial charge in [0.1, 0.15) is 9.10 Å². The molecule has 0 atom stereocenters. The maximum absolute atomic E-state index is 13.2. The van der Waals surface area contributed by atoms with Gasteiger partial charge in [0.25, 0.3) is 10.0 Å². The number of aromatic nitrogens is 1. The monoisotopic (exact) mass is 603 g/mol. The number of piperidine rings is 1. The average Bonchev–Trinajstić information content (AvgIpc) is 3.52. The molecule has 2 aliphatic rings. The largest absolute Gasteiger partial charge is 0.348 e. The van der Waals surface area contributed by atoms with Crippen LogP contribution in [0.2, 0.25) is 0 Å². The quantitative estimate of drug-likeness (QED) is 0.395. The van der Waals surface area contributed by atoms with Crippen LogP contribution in [0.25, 0.3) is 0 Å². The third kappa shape index (κ3) is 5.89. The number of hydrogen-bond acceptors (Lipinski definition) is 8. The van der Waals surface area contributed by atoms with Crippen molar-refractivity contribution in [3.63, 3.8) is 0 Å². The van der Waals surface area contributed by atoms with Crippen LogP contribution in [-0.2, 0) is 36.1 Å². The summed E-state index contributed by atoms with van der Waals surface area (Å²) < 4.78 is 54.9. The molecule has 2 amide bonds. The molecule has 212 valence electrons. The summed E-state index contributed by atoms with van der Waals surface area (Å²) in [6.07, 6.45) is 5.31. The number of nitrogens with zero attached hydrogens (tertiary/aromatic N) is 3. The Bertz CT molecular complexity index is 1590. The number of carbonyl (C=O) groups excluding carboxylic acids is 2. The van der Waals surface area contributed by atoms with E-state index in [-0.39, 0.29) is 21.6 Å². The first-order valence-corrected chi connectivity index (χ1v) is 16.6. The molecule has 0 bridgehead atoms. The Morgan fingerprint density at radius 3 is 2.48 bits per heavy atom. The molecule has 11 nitrogen and oxygen atoms in total. The summed E-state index contributed by atoms with van der Waals surface area (Å²) in [5, 5.41) is 6.91. The SMILES string of the molecule is O=C(NCC1CCN(S(=O)(=O)c2cccnc2)CC1)C(=O)Nc1ccc2c(c1)N(S(=O)(=O)c1cccs1)CCC2. The maximum atomic E-state index is 13.2. The fraction of sp³-hybridized carbons (Fsp3) is 0.346. The molecule has 2 aromatic heterocycles. The van der Waals surface area contributed by atoms with E-state index in [0.29, 0.717) is 56.7 Å². The number of hydrogen-bond donors (Lipinski definition) is 2. The molecule has 2 aliphatic heterocycles.